The molecule has 0 radical (unpaired) electrons. The van der Waals surface area contributed by atoms with Gasteiger partial charge in [-0.2, -0.15) is 0 Å². The van der Waals surface area contributed by atoms with E-state index in [2.05, 4.69) is 55.2 Å². The number of aromatic hydroxyl groups is 1. The number of methoxy groups -OCH3 is 1. The molecule has 0 saturated carbocycles. The van der Waals surface area contributed by atoms with Gasteiger partial charge in [-0.15, -0.1) is 0 Å². The van der Waals surface area contributed by atoms with Crippen LogP contribution in [0.25, 0.3) is 0 Å². The summed E-state index contributed by atoms with van der Waals surface area (Å²) < 4.78 is 6.04. The van der Waals surface area contributed by atoms with E-state index < -0.39 is 5.92 Å². The number of halogens is 1. The average Bonchev–Trinajstić information content (AvgIpc) is 2.64. The molecule has 6 heteroatoms. The van der Waals surface area contributed by atoms with Crippen molar-refractivity contribution in [2.75, 3.05) is 14.2 Å². The Morgan fingerprint density at radius 1 is 0.968 bits per heavy atom. The summed E-state index contributed by atoms with van der Waals surface area (Å²) in [5.74, 6) is 0.229. The van der Waals surface area contributed by atoms with Gasteiger partial charge in [0.25, 0.3) is 0 Å². The number of rotatable bonds is 2. The maximum atomic E-state index is 13.5. The predicted octanol–water partition coefficient (Wildman–Crippen LogP) is 5.32. The summed E-state index contributed by atoms with van der Waals surface area (Å²) >= 11 is 2.07. The molecule has 4 rings (SSSR count). The van der Waals surface area contributed by atoms with E-state index in [1.54, 1.807) is 6.07 Å². The van der Waals surface area contributed by atoms with Crippen molar-refractivity contribution in [3.63, 3.8) is 0 Å². The van der Waals surface area contributed by atoms with E-state index in [0.717, 1.165) is 40.9 Å². The van der Waals surface area contributed by atoms with Gasteiger partial charge in [-0.3, -0.25) is 9.59 Å². The third kappa shape index (κ3) is 3.70. The van der Waals surface area contributed by atoms with Crippen molar-refractivity contribution < 1.29 is 19.4 Å². The van der Waals surface area contributed by atoms with Gasteiger partial charge in [0.2, 0.25) is 0 Å². The molecule has 1 heterocycles. The van der Waals surface area contributed by atoms with Crippen LogP contribution in [0.4, 0.5) is 0 Å². The number of allylic oxidation sites excluding steroid dienone is 4. The highest BCUT2D eigenvalue weighted by Gasteiger charge is 2.48. The number of benzene rings is 1. The summed E-state index contributed by atoms with van der Waals surface area (Å²) in [7, 11) is 3.52. The molecule has 3 aliphatic rings. The van der Waals surface area contributed by atoms with Gasteiger partial charge in [0.05, 0.1) is 10.7 Å². The molecule has 1 aromatic rings. The van der Waals surface area contributed by atoms with Gasteiger partial charge < -0.3 is 14.7 Å². The molecule has 1 aromatic carbocycles. The van der Waals surface area contributed by atoms with Crippen LogP contribution in [-0.4, -0.2) is 35.7 Å². The molecule has 5 nitrogen and oxygen atoms in total. The van der Waals surface area contributed by atoms with Crippen LogP contribution in [0.5, 0.6) is 11.5 Å². The van der Waals surface area contributed by atoms with Crippen LogP contribution in [0, 0.1) is 14.4 Å². The number of ketones is 2. The minimum absolute atomic E-state index is 0.0791. The van der Waals surface area contributed by atoms with Gasteiger partial charge in [0.1, 0.15) is 0 Å². The van der Waals surface area contributed by atoms with Crippen molar-refractivity contribution in [2.24, 2.45) is 10.8 Å². The smallest absolute Gasteiger partial charge is 0.171 e. The molecule has 2 aliphatic carbocycles. The van der Waals surface area contributed by atoms with Crippen molar-refractivity contribution in [1.82, 2.24) is 4.90 Å². The Morgan fingerprint density at radius 2 is 1.45 bits per heavy atom. The highest BCUT2D eigenvalue weighted by molar-refractivity contribution is 14.1. The van der Waals surface area contributed by atoms with Crippen molar-refractivity contribution in [3.05, 3.63) is 43.8 Å². The van der Waals surface area contributed by atoms with Crippen molar-refractivity contribution in [2.45, 2.75) is 59.3 Å². The summed E-state index contributed by atoms with van der Waals surface area (Å²) in [6.07, 6.45) is 2.51. The Hall–Kier alpha value is -1.83. The molecule has 0 amide bonds. The molecular weight excluding hydrogens is 505 g/mol. The van der Waals surface area contributed by atoms with Gasteiger partial charge in [-0.05, 0) is 64.0 Å². The maximum Gasteiger partial charge on any atom is 0.171 e. The number of Topliss-reactive ketones (excluding diaryl/α,β-unsaturated/α-hetero) is 2. The zero-order valence-corrected chi connectivity index (χ0v) is 21.2. The summed E-state index contributed by atoms with van der Waals surface area (Å²) in [6, 6.07) is 3.66. The van der Waals surface area contributed by atoms with E-state index in [1.165, 1.54) is 7.11 Å². The molecular formula is C25H30INO4. The fraction of sp³-hybridized carbons (Fsp3) is 0.520. The highest BCUT2D eigenvalue weighted by atomic mass is 127. The largest absolute Gasteiger partial charge is 0.504 e. The monoisotopic (exact) mass is 535 g/mol. The van der Waals surface area contributed by atoms with Gasteiger partial charge in [0.15, 0.2) is 23.1 Å². The second kappa shape index (κ2) is 7.36. The molecule has 1 N–H and O–H groups in total. The third-order valence-corrected chi connectivity index (χ3v) is 7.61. The predicted molar refractivity (Wildman–Crippen MR) is 128 cm³/mol. The molecule has 0 atom stereocenters. The number of carbonyl (C=O) groups excluding carboxylic acids is 2. The summed E-state index contributed by atoms with van der Waals surface area (Å²) in [6.45, 7) is 8.52. The van der Waals surface area contributed by atoms with Crippen LogP contribution >= 0.6 is 22.6 Å². The van der Waals surface area contributed by atoms with Crippen LogP contribution in [0.1, 0.15) is 64.9 Å². The summed E-state index contributed by atoms with van der Waals surface area (Å²) in [4.78, 5) is 29.1. The van der Waals surface area contributed by atoms with Crippen LogP contribution in [-0.2, 0) is 9.59 Å². The molecule has 0 fully saturated rings. The summed E-state index contributed by atoms with van der Waals surface area (Å²) in [5, 5.41) is 10.4. The van der Waals surface area contributed by atoms with E-state index in [9.17, 15) is 14.7 Å². The van der Waals surface area contributed by atoms with Crippen molar-refractivity contribution >= 4 is 34.2 Å². The standard InChI is InChI=1S/C25H30INO4/c1-24(2)9-15-21(17(28)11-24)20(13-7-14(26)23(30)19(8-13)31-6)22-16(27(15)5)10-25(3,4)12-18(22)29/h7-8,20,30H,9-12H2,1-6H3. The van der Waals surface area contributed by atoms with Gasteiger partial charge in [0, 0.05) is 48.3 Å². The lowest BCUT2D eigenvalue weighted by molar-refractivity contribution is -0.119. The fourth-order valence-electron chi connectivity index (χ4n) is 5.41. The van der Waals surface area contributed by atoms with Crippen LogP contribution in [0.3, 0.4) is 0 Å². The zero-order chi connectivity index (χ0) is 22.9. The Morgan fingerprint density at radius 3 is 1.90 bits per heavy atom. The van der Waals surface area contributed by atoms with E-state index in [1.807, 2.05) is 13.1 Å². The first kappa shape index (κ1) is 22.4. The number of nitrogens with zero attached hydrogens (tertiary/aromatic N) is 1. The quantitative estimate of drug-likeness (QED) is 0.520. The van der Waals surface area contributed by atoms with Crippen molar-refractivity contribution in [3.8, 4) is 11.5 Å². The molecule has 0 saturated heterocycles. The number of ether oxygens (including phenoxy) is 1. The molecule has 0 spiro atoms. The number of carbonyl (C=O) groups is 2. The van der Waals surface area contributed by atoms with Crippen LogP contribution < -0.4 is 4.74 Å². The van der Waals surface area contributed by atoms with E-state index in [-0.39, 0.29) is 28.1 Å². The lowest BCUT2D eigenvalue weighted by atomic mass is 9.64. The first-order valence-corrected chi connectivity index (χ1v) is 11.8. The number of phenols is 1. The number of hydrogen-bond acceptors (Lipinski definition) is 5. The lowest BCUT2D eigenvalue weighted by Gasteiger charge is -2.48. The van der Waals surface area contributed by atoms with Crippen LogP contribution in [0.15, 0.2) is 34.7 Å². The first-order chi connectivity index (χ1) is 14.3. The minimum atomic E-state index is -0.420. The Balaban J connectivity index is 2.00. The van der Waals surface area contributed by atoms with Gasteiger partial charge in [-0.1, -0.05) is 27.7 Å². The molecule has 0 unspecified atom stereocenters. The molecule has 1 aliphatic heterocycles. The molecule has 31 heavy (non-hydrogen) atoms. The van der Waals surface area contributed by atoms with E-state index in [4.69, 9.17) is 4.74 Å². The number of hydrogen-bond donors (Lipinski definition) is 1. The highest BCUT2D eigenvalue weighted by Crippen LogP contribution is 2.54. The zero-order valence-electron chi connectivity index (χ0n) is 19.1. The fourth-order valence-corrected chi connectivity index (χ4v) is 6.04. The Kier molecular flexibility index (Phi) is 5.31. The second-order valence-corrected chi connectivity index (χ2v) is 11.8. The number of phenolic OH excluding ortho intramolecular Hbond substituents is 1. The van der Waals surface area contributed by atoms with Gasteiger partial charge >= 0.3 is 0 Å². The Bertz CT molecular complexity index is 1010. The van der Waals surface area contributed by atoms with Crippen LogP contribution in [0.2, 0.25) is 0 Å². The maximum absolute atomic E-state index is 13.5. The van der Waals surface area contributed by atoms with Crippen molar-refractivity contribution in [1.29, 1.82) is 0 Å². The first-order valence-electron chi connectivity index (χ1n) is 10.7. The summed E-state index contributed by atoms with van der Waals surface area (Å²) in [5.41, 5.74) is 4.10. The minimum Gasteiger partial charge on any atom is -0.504 e. The van der Waals surface area contributed by atoms with E-state index in [0.29, 0.717) is 22.2 Å². The Labute approximate surface area is 197 Å². The topological polar surface area (TPSA) is 66.8 Å². The lowest BCUT2D eigenvalue weighted by Crippen LogP contribution is -2.43. The normalized spacial score (nSPS) is 23.1. The second-order valence-electron chi connectivity index (χ2n) is 10.6. The average molecular weight is 535 g/mol. The third-order valence-electron chi connectivity index (χ3n) is 6.78. The molecule has 0 bridgehead atoms. The SMILES string of the molecule is COc1cc(C2C3=C(CC(C)(C)CC3=O)N(C)C3=C2C(=O)CC(C)(C)C3)cc(I)c1O. The van der Waals surface area contributed by atoms with E-state index >= 15 is 0 Å². The van der Waals surface area contributed by atoms with Gasteiger partial charge in [-0.25, -0.2) is 0 Å². The molecule has 166 valence electrons. The molecule has 0 aromatic heterocycles.